The van der Waals surface area contributed by atoms with Crippen molar-refractivity contribution in [2.45, 2.75) is 16.5 Å². The summed E-state index contributed by atoms with van der Waals surface area (Å²) in [6.07, 6.45) is 0.196. The molecule has 0 unspecified atom stereocenters. The van der Waals surface area contributed by atoms with Crippen molar-refractivity contribution < 1.29 is 18.7 Å². The monoisotopic (exact) mass is 416 g/mol. The van der Waals surface area contributed by atoms with Crippen LogP contribution in [0.4, 0.5) is 10.1 Å². The molecule has 2 aromatic carbocycles. The van der Waals surface area contributed by atoms with E-state index >= 15 is 0 Å². The molecule has 1 aromatic heterocycles. The van der Waals surface area contributed by atoms with Crippen LogP contribution in [0, 0.1) is 5.82 Å². The predicted molar refractivity (Wildman–Crippen MR) is 108 cm³/mol. The molecule has 5 nitrogen and oxygen atoms in total. The molecule has 0 bridgehead atoms. The summed E-state index contributed by atoms with van der Waals surface area (Å²) < 4.78 is 24.8. The number of rotatable bonds is 6. The van der Waals surface area contributed by atoms with E-state index in [-0.39, 0.29) is 18.1 Å². The fourth-order valence-electron chi connectivity index (χ4n) is 2.65. The fourth-order valence-corrected chi connectivity index (χ4v) is 4.45. The normalized spacial score (nSPS) is 12.6. The van der Waals surface area contributed by atoms with Gasteiger partial charge in [-0.25, -0.2) is 9.37 Å². The van der Waals surface area contributed by atoms with Gasteiger partial charge in [-0.05, 0) is 29.8 Å². The Hall–Kier alpha value is -2.58. The summed E-state index contributed by atoms with van der Waals surface area (Å²) >= 11 is 3.07. The number of nitrogens with one attached hydrogen (secondary N) is 1. The topological polar surface area (TPSA) is 60.5 Å². The summed E-state index contributed by atoms with van der Waals surface area (Å²) in [4.78, 5) is 16.8. The van der Waals surface area contributed by atoms with Crippen molar-refractivity contribution in [1.82, 2.24) is 4.98 Å². The lowest BCUT2D eigenvalue weighted by Crippen LogP contribution is -2.17. The van der Waals surface area contributed by atoms with E-state index in [2.05, 4.69) is 10.3 Å². The van der Waals surface area contributed by atoms with Gasteiger partial charge < -0.3 is 14.8 Å². The van der Waals surface area contributed by atoms with Crippen LogP contribution in [0.5, 0.6) is 11.5 Å². The molecule has 1 amide bonds. The van der Waals surface area contributed by atoms with Crippen LogP contribution in [-0.2, 0) is 17.0 Å². The maximum atomic E-state index is 12.9. The summed E-state index contributed by atoms with van der Waals surface area (Å²) in [6, 6.07) is 11.8. The first-order valence-corrected chi connectivity index (χ1v) is 10.5. The number of carbonyl (C=O) groups excluding carboxylic acids is 1. The van der Waals surface area contributed by atoms with Gasteiger partial charge in [0.2, 0.25) is 5.91 Å². The number of amides is 1. The molecule has 8 heteroatoms. The van der Waals surface area contributed by atoms with Crippen LogP contribution in [0.15, 0.2) is 52.2 Å². The van der Waals surface area contributed by atoms with E-state index in [1.807, 2.05) is 5.38 Å². The van der Waals surface area contributed by atoms with Gasteiger partial charge in [0.1, 0.15) is 23.4 Å². The lowest BCUT2D eigenvalue weighted by atomic mass is 10.2. The van der Waals surface area contributed by atoms with Gasteiger partial charge in [0.25, 0.3) is 0 Å². The summed E-state index contributed by atoms with van der Waals surface area (Å²) in [5, 5.41) is 4.75. The molecule has 4 rings (SSSR count). The molecule has 3 aromatic rings. The van der Waals surface area contributed by atoms with E-state index in [0.717, 1.165) is 15.6 Å². The van der Waals surface area contributed by atoms with E-state index in [9.17, 15) is 9.18 Å². The molecule has 0 radical (unpaired) electrons. The molecule has 0 fully saturated rings. The SMILES string of the molecule is O=C(Cc1csc(SCc2ccc(F)cc2)n1)Nc1ccc2c(c1)OCCO2. The number of nitrogens with zero attached hydrogens (tertiary/aromatic N) is 1. The summed E-state index contributed by atoms with van der Waals surface area (Å²) in [6.45, 7) is 1.03. The zero-order chi connectivity index (χ0) is 19.3. The van der Waals surface area contributed by atoms with Crippen molar-refractivity contribution in [2.75, 3.05) is 18.5 Å². The Bertz CT molecular complexity index is 976. The van der Waals surface area contributed by atoms with E-state index in [1.165, 1.54) is 23.5 Å². The molecular formula is C20H17FN2O3S2. The third kappa shape index (κ3) is 4.82. The number of aromatic nitrogens is 1. The highest BCUT2D eigenvalue weighted by atomic mass is 32.2. The molecule has 2 heterocycles. The number of benzene rings is 2. The highest BCUT2D eigenvalue weighted by Crippen LogP contribution is 2.32. The van der Waals surface area contributed by atoms with Crippen LogP contribution in [0.1, 0.15) is 11.3 Å². The Morgan fingerprint density at radius 1 is 1.14 bits per heavy atom. The molecule has 28 heavy (non-hydrogen) atoms. The number of thioether (sulfide) groups is 1. The minimum Gasteiger partial charge on any atom is -0.486 e. The van der Waals surface area contributed by atoms with Crippen LogP contribution in [-0.4, -0.2) is 24.1 Å². The molecule has 1 N–H and O–H groups in total. The number of thiazole rings is 1. The summed E-state index contributed by atoms with van der Waals surface area (Å²) in [7, 11) is 0. The molecule has 1 aliphatic rings. The number of carbonyl (C=O) groups is 1. The van der Waals surface area contributed by atoms with Crippen molar-refractivity contribution in [3.63, 3.8) is 0 Å². The van der Waals surface area contributed by atoms with Crippen LogP contribution in [0.25, 0.3) is 0 Å². The van der Waals surface area contributed by atoms with Crippen LogP contribution in [0.3, 0.4) is 0 Å². The fraction of sp³-hybridized carbons (Fsp3) is 0.200. The number of halogens is 1. The highest BCUT2D eigenvalue weighted by molar-refractivity contribution is 8.00. The van der Waals surface area contributed by atoms with E-state index in [1.54, 1.807) is 42.1 Å². The Labute approximate surface area is 169 Å². The minimum absolute atomic E-state index is 0.142. The van der Waals surface area contributed by atoms with Crippen molar-refractivity contribution in [3.8, 4) is 11.5 Å². The Kier molecular flexibility index (Phi) is 5.78. The number of hydrogen-bond acceptors (Lipinski definition) is 6. The molecule has 0 atom stereocenters. The lowest BCUT2D eigenvalue weighted by molar-refractivity contribution is -0.115. The van der Waals surface area contributed by atoms with Crippen LogP contribution >= 0.6 is 23.1 Å². The van der Waals surface area contributed by atoms with E-state index < -0.39 is 0 Å². The number of anilines is 1. The first-order valence-electron chi connectivity index (χ1n) is 8.67. The van der Waals surface area contributed by atoms with Crippen molar-refractivity contribution in [1.29, 1.82) is 0 Å². The molecule has 144 valence electrons. The minimum atomic E-state index is -0.241. The maximum absolute atomic E-state index is 12.9. The van der Waals surface area contributed by atoms with Gasteiger partial charge in [0.15, 0.2) is 11.5 Å². The van der Waals surface area contributed by atoms with Gasteiger partial charge in [-0.15, -0.1) is 11.3 Å². The average molecular weight is 416 g/mol. The summed E-state index contributed by atoms with van der Waals surface area (Å²) in [5.41, 5.74) is 2.41. The van der Waals surface area contributed by atoms with E-state index in [0.29, 0.717) is 36.2 Å². The summed E-state index contributed by atoms with van der Waals surface area (Å²) in [5.74, 6) is 1.64. The van der Waals surface area contributed by atoms with Gasteiger partial charge in [-0.1, -0.05) is 23.9 Å². The van der Waals surface area contributed by atoms with Crippen molar-refractivity contribution in [3.05, 3.63) is 64.9 Å². The largest absolute Gasteiger partial charge is 0.486 e. The number of ether oxygens (including phenoxy) is 2. The zero-order valence-electron chi connectivity index (χ0n) is 14.8. The quantitative estimate of drug-likeness (QED) is 0.599. The lowest BCUT2D eigenvalue weighted by Gasteiger charge is -2.18. The molecule has 0 saturated heterocycles. The van der Waals surface area contributed by atoms with Gasteiger partial charge in [0.05, 0.1) is 12.1 Å². The van der Waals surface area contributed by atoms with E-state index in [4.69, 9.17) is 9.47 Å². The predicted octanol–water partition coefficient (Wildman–Crippen LogP) is 4.53. The third-order valence-corrected chi connectivity index (χ3v) is 6.11. The second kappa shape index (κ2) is 8.62. The van der Waals surface area contributed by atoms with Crippen molar-refractivity contribution in [2.24, 2.45) is 0 Å². The molecule has 0 saturated carbocycles. The van der Waals surface area contributed by atoms with Crippen molar-refractivity contribution >= 4 is 34.7 Å². The zero-order valence-corrected chi connectivity index (χ0v) is 16.4. The first-order chi connectivity index (χ1) is 13.7. The van der Waals surface area contributed by atoms with Gasteiger partial charge >= 0.3 is 0 Å². The second-order valence-electron chi connectivity index (χ2n) is 6.10. The molecule has 1 aliphatic heterocycles. The maximum Gasteiger partial charge on any atom is 0.230 e. The number of hydrogen-bond donors (Lipinski definition) is 1. The second-order valence-corrected chi connectivity index (χ2v) is 8.18. The van der Waals surface area contributed by atoms with Crippen LogP contribution < -0.4 is 14.8 Å². The molecular weight excluding hydrogens is 399 g/mol. The number of fused-ring (bicyclic) bond motifs is 1. The average Bonchev–Trinajstić information content (AvgIpc) is 3.14. The van der Waals surface area contributed by atoms with Gasteiger partial charge in [-0.3, -0.25) is 4.79 Å². The smallest absolute Gasteiger partial charge is 0.230 e. The standard InChI is InChI=1S/C20H17FN2O3S2/c21-14-3-1-13(2-4-14)11-27-20-23-16(12-28-20)10-19(24)22-15-5-6-17-18(9-15)26-8-7-25-17/h1-6,9,12H,7-8,10-11H2,(H,22,24). The molecule has 0 aliphatic carbocycles. The van der Waals surface area contributed by atoms with Crippen LogP contribution in [0.2, 0.25) is 0 Å². The first kappa shape index (κ1) is 18.8. The Balaban J connectivity index is 1.30. The van der Waals surface area contributed by atoms with Gasteiger partial charge in [-0.2, -0.15) is 0 Å². The highest BCUT2D eigenvalue weighted by Gasteiger charge is 2.14. The Morgan fingerprint density at radius 2 is 1.93 bits per heavy atom. The van der Waals surface area contributed by atoms with Gasteiger partial charge in [0, 0.05) is 22.9 Å². The Morgan fingerprint density at radius 3 is 2.75 bits per heavy atom. The third-order valence-electron chi connectivity index (χ3n) is 3.97. The molecule has 0 spiro atoms.